The SMILES string of the molecule is CO[C@H]1C[C@@H]2CC[C@@H](C)C(N)(C2)C(=O)C(=O)N2CCCC[C@H]2C(=O)OC([C@H](C)C[C@@H]2CC[C@@H](O)[C@H](OC)C2)CC(=O)[C@H](C)/C=C(\C)[C@@H](O)[C@@H](OC)C(=O)[C@H](C)C[C@H](C)/C=C/C=C/C=C/1C. The fourth-order valence-corrected chi connectivity index (χ4v) is 10.8. The number of aliphatic hydroxyl groups is 2. The van der Waals surface area contributed by atoms with E-state index < -0.39 is 65.5 Å². The molecule has 13 nitrogen and oxygen atoms in total. The Morgan fingerprint density at radius 2 is 1.58 bits per heavy atom. The second kappa shape index (κ2) is 25.2. The number of hydrogen-bond acceptors (Lipinski definition) is 12. The summed E-state index contributed by atoms with van der Waals surface area (Å²) in [6.07, 6.45) is 14.0. The Morgan fingerprint density at radius 3 is 2.26 bits per heavy atom. The number of fused-ring (bicyclic) bond motifs is 3. The molecular weight excluding hydrogens is 829 g/mol. The van der Waals surface area contributed by atoms with Crippen molar-refractivity contribution in [2.24, 2.45) is 47.2 Å². The summed E-state index contributed by atoms with van der Waals surface area (Å²) in [5.41, 5.74) is 7.01. The van der Waals surface area contributed by atoms with Crippen molar-refractivity contribution in [3.05, 3.63) is 47.6 Å². The van der Waals surface area contributed by atoms with Crippen LogP contribution < -0.4 is 5.73 Å². The van der Waals surface area contributed by atoms with Gasteiger partial charge in [0.15, 0.2) is 5.78 Å². The summed E-state index contributed by atoms with van der Waals surface area (Å²) in [5, 5.41) is 21.9. The van der Waals surface area contributed by atoms with Crippen LogP contribution in [0.3, 0.4) is 0 Å². The van der Waals surface area contributed by atoms with E-state index in [9.17, 15) is 34.2 Å². The molecule has 2 saturated carbocycles. The number of ketones is 3. The number of piperidine rings is 1. The van der Waals surface area contributed by atoms with Crippen LogP contribution in [0, 0.1) is 41.4 Å². The van der Waals surface area contributed by atoms with E-state index in [0.29, 0.717) is 69.8 Å². The lowest BCUT2D eigenvalue weighted by molar-refractivity contribution is -0.167. The number of nitrogens with zero attached hydrogens (tertiary/aromatic N) is 1. The summed E-state index contributed by atoms with van der Waals surface area (Å²) in [6, 6.07) is -1.03. The van der Waals surface area contributed by atoms with E-state index in [4.69, 9.17) is 24.7 Å². The van der Waals surface area contributed by atoms with Gasteiger partial charge in [-0.15, -0.1) is 0 Å². The van der Waals surface area contributed by atoms with Crippen LogP contribution in [0.25, 0.3) is 0 Å². The number of methoxy groups -OCH3 is 3. The van der Waals surface area contributed by atoms with Crippen molar-refractivity contribution in [1.29, 1.82) is 0 Å². The van der Waals surface area contributed by atoms with E-state index in [1.54, 1.807) is 34.1 Å². The second-order valence-electron chi connectivity index (χ2n) is 20.3. The first-order valence-electron chi connectivity index (χ1n) is 24.3. The predicted octanol–water partition coefficient (Wildman–Crippen LogP) is 6.81. The number of rotatable bonds is 6. The Labute approximate surface area is 389 Å². The molecule has 4 N–H and O–H groups in total. The molecule has 0 spiro atoms. The Hall–Kier alpha value is -3.33. The van der Waals surface area contributed by atoms with Crippen LogP contribution in [0.2, 0.25) is 0 Å². The number of amides is 1. The van der Waals surface area contributed by atoms with Gasteiger partial charge >= 0.3 is 5.97 Å². The number of hydrogen-bond donors (Lipinski definition) is 3. The maximum absolute atomic E-state index is 14.4. The molecule has 0 aromatic carbocycles. The van der Waals surface area contributed by atoms with Gasteiger partial charge in [0, 0.05) is 46.1 Å². The minimum Gasteiger partial charge on any atom is -0.460 e. The monoisotopic (exact) mass is 911 g/mol. The minimum atomic E-state index is -1.43. The van der Waals surface area contributed by atoms with E-state index >= 15 is 0 Å². The molecule has 3 fully saturated rings. The number of carbonyl (C=O) groups is 5. The van der Waals surface area contributed by atoms with Crippen LogP contribution in [0.1, 0.15) is 132 Å². The minimum absolute atomic E-state index is 0.0139. The summed E-state index contributed by atoms with van der Waals surface area (Å²) in [5.74, 6) is -4.10. The number of nitrogens with two attached hydrogens (primary N) is 1. The van der Waals surface area contributed by atoms with Crippen molar-refractivity contribution in [2.75, 3.05) is 27.9 Å². The molecule has 2 bridgehead atoms. The van der Waals surface area contributed by atoms with Crippen LogP contribution >= 0.6 is 0 Å². The molecule has 2 heterocycles. The third-order valence-corrected chi connectivity index (χ3v) is 15.2. The number of ether oxygens (including phenoxy) is 4. The molecule has 366 valence electrons. The highest BCUT2D eigenvalue weighted by Gasteiger charge is 2.50. The molecule has 65 heavy (non-hydrogen) atoms. The van der Waals surface area contributed by atoms with Gasteiger partial charge in [-0.2, -0.15) is 0 Å². The standard InChI is InChI=1S/C52H82N2O11/c1-31-16-12-11-13-17-32(2)43(62-8)28-39-20-19-37(7)52(53,30-39)49(59)50(60)54-23-15-14-18-40(54)51(61)65-44(34(4)26-38-21-22-41(55)45(27-38)63-9)29-42(56)33(3)25-36(6)47(58)48(64-10)46(57)35(5)24-31/h11-13,16-17,25,31,33-35,37-41,43-45,47-48,55,58H,14-15,18-24,26-30,53H2,1-10H3/b13-11+,16-12+,32-17+,36-25+/t31-,33-,34-,35-,37-,38+,39+,40+,41-,43+,44?,45-,47-,48+,52?/m1/s1. The summed E-state index contributed by atoms with van der Waals surface area (Å²) < 4.78 is 23.4. The average Bonchev–Trinajstić information content (AvgIpc) is 3.28. The van der Waals surface area contributed by atoms with Crippen LogP contribution in [0.15, 0.2) is 47.6 Å². The van der Waals surface area contributed by atoms with Gasteiger partial charge in [0.2, 0.25) is 5.78 Å². The lowest BCUT2D eigenvalue weighted by atomic mass is 9.66. The molecule has 4 aliphatic rings. The zero-order valence-corrected chi connectivity index (χ0v) is 41.0. The molecule has 1 amide bonds. The summed E-state index contributed by atoms with van der Waals surface area (Å²) in [7, 11) is 4.64. The Balaban J connectivity index is 1.70. The van der Waals surface area contributed by atoms with E-state index in [1.165, 1.54) is 12.0 Å². The zero-order chi connectivity index (χ0) is 48.2. The number of Topliss-reactive ketones (excluding diaryl/α,β-unsaturated/α-hetero) is 3. The molecule has 2 unspecified atom stereocenters. The number of carbonyl (C=O) groups excluding carboxylic acids is 5. The highest BCUT2D eigenvalue weighted by molar-refractivity contribution is 6.40. The Morgan fingerprint density at radius 1 is 0.862 bits per heavy atom. The van der Waals surface area contributed by atoms with E-state index in [0.717, 1.165) is 18.4 Å². The summed E-state index contributed by atoms with van der Waals surface area (Å²) in [6.45, 7) is 13.3. The normalized spacial score (nSPS) is 40.4. The van der Waals surface area contributed by atoms with Crippen LogP contribution in [-0.2, 0) is 42.9 Å². The third kappa shape index (κ3) is 14.3. The first-order valence-corrected chi connectivity index (χ1v) is 24.3. The molecule has 0 aromatic rings. The van der Waals surface area contributed by atoms with Crippen molar-refractivity contribution in [2.45, 2.75) is 180 Å². The van der Waals surface area contributed by atoms with Crippen molar-refractivity contribution in [1.82, 2.24) is 4.90 Å². The Kier molecular flexibility index (Phi) is 21.0. The number of esters is 1. The average molecular weight is 911 g/mol. The molecular formula is C52H82N2O11. The quantitative estimate of drug-likeness (QED) is 0.144. The van der Waals surface area contributed by atoms with Crippen molar-refractivity contribution >= 4 is 29.2 Å². The Bertz CT molecular complexity index is 1760. The number of aliphatic hydroxyl groups excluding tert-OH is 2. The predicted molar refractivity (Wildman–Crippen MR) is 250 cm³/mol. The molecule has 2 aliphatic heterocycles. The smallest absolute Gasteiger partial charge is 0.329 e. The van der Waals surface area contributed by atoms with Crippen LogP contribution in [0.4, 0.5) is 0 Å². The highest BCUT2D eigenvalue weighted by atomic mass is 16.5. The topological polar surface area (TPSA) is 192 Å². The maximum atomic E-state index is 14.4. The third-order valence-electron chi connectivity index (χ3n) is 15.2. The second-order valence-corrected chi connectivity index (χ2v) is 20.3. The van der Waals surface area contributed by atoms with Crippen molar-refractivity contribution in [3.63, 3.8) is 0 Å². The fraction of sp³-hybridized carbons (Fsp3) is 0.750. The molecule has 13 heteroatoms. The molecule has 2 aliphatic carbocycles. The molecule has 1 saturated heterocycles. The number of allylic oxidation sites excluding steroid dienone is 6. The van der Waals surface area contributed by atoms with Gasteiger partial charge in [0.1, 0.15) is 30.1 Å². The first kappa shape index (κ1) is 54.3. The van der Waals surface area contributed by atoms with Crippen LogP contribution in [0.5, 0.6) is 0 Å². The maximum Gasteiger partial charge on any atom is 0.329 e. The number of cyclic esters (lactones) is 1. The van der Waals surface area contributed by atoms with Gasteiger partial charge in [-0.05, 0) is 132 Å². The van der Waals surface area contributed by atoms with Crippen molar-refractivity contribution in [3.8, 4) is 0 Å². The van der Waals surface area contributed by atoms with Crippen molar-refractivity contribution < 1.29 is 53.1 Å². The van der Waals surface area contributed by atoms with E-state index in [1.807, 2.05) is 65.0 Å². The lowest BCUT2D eigenvalue weighted by Crippen LogP contribution is -2.63. The van der Waals surface area contributed by atoms with Gasteiger partial charge < -0.3 is 39.8 Å². The van der Waals surface area contributed by atoms with Gasteiger partial charge in [0.25, 0.3) is 5.91 Å². The van der Waals surface area contributed by atoms with Gasteiger partial charge in [-0.3, -0.25) is 19.2 Å². The van der Waals surface area contributed by atoms with E-state index in [2.05, 4.69) is 0 Å². The van der Waals surface area contributed by atoms with Gasteiger partial charge in [0.05, 0.1) is 23.9 Å². The molecule has 4 rings (SSSR count). The highest BCUT2D eigenvalue weighted by Crippen LogP contribution is 2.40. The van der Waals surface area contributed by atoms with Gasteiger partial charge in [-0.25, -0.2) is 4.79 Å². The first-order chi connectivity index (χ1) is 30.7. The largest absolute Gasteiger partial charge is 0.460 e. The zero-order valence-electron chi connectivity index (χ0n) is 41.0. The van der Waals surface area contributed by atoms with Gasteiger partial charge in [-0.1, -0.05) is 71.1 Å². The summed E-state index contributed by atoms with van der Waals surface area (Å²) >= 11 is 0. The van der Waals surface area contributed by atoms with E-state index in [-0.39, 0.29) is 66.3 Å². The van der Waals surface area contributed by atoms with Crippen LogP contribution in [-0.4, -0.2) is 120 Å². The molecule has 0 radical (unpaired) electrons. The fourth-order valence-electron chi connectivity index (χ4n) is 10.8. The molecule has 15 atom stereocenters. The molecule has 0 aromatic heterocycles. The summed E-state index contributed by atoms with van der Waals surface area (Å²) in [4.78, 5) is 72.4. The lowest BCUT2D eigenvalue weighted by Gasteiger charge is -2.44.